The monoisotopic (exact) mass is 588 g/mol. The normalized spacial score (nSPS) is 18.0. The lowest BCUT2D eigenvalue weighted by Crippen LogP contribution is -2.39. The van der Waals surface area contributed by atoms with Crippen LogP contribution in [0.3, 0.4) is 0 Å². The van der Waals surface area contributed by atoms with Crippen LogP contribution < -0.4 is 16.3 Å². The second-order valence-electron chi connectivity index (χ2n) is 10.8. The van der Waals surface area contributed by atoms with Gasteiger partial charge < -0.3 is 10.4 Å². The van der Waals surface area contributed by atoms with Crippen LogP contribution in [0.4, 0.5) is 13.2 Å². The van der Waals surface area contributed by atoms with Gasteiger partial charge in [-0.25, -0.2) is 9.59 Å². The Morgan fingerprint density at radius 1 is 1.00 bits per heavy atom. The summed E-state index contributed by atoms with van der Waals surface area (Å²) in [7, 11) is 1.84. The summed E-state index contributed by atoms with van der Waals surface area (Å²) in [4.78, 5) is 45.9. The summed E-state index contributed by atoms with van der Waals surface area (Å²) in [6.07, 6.45) is 2.96. The second kappa shape index (κ2) is 13.4. The van der Waals surface area contributed by atoms with Gasteiger partial charge in [0.1, 0.15) is 0 Å². The number of amides is 2. The summed E-state index contributed by atoms with van der Waals surface area (Å²) in [5.74, 6) is -2.70. The van der Waals surface area contributed by atoms with E-state index in [1.807, 2.05) is 43.4 Å². The van der Waals surface area contributed by atoms with Gasteiger partial charge >= 0.3 is 17.8 Å². The van der Waals surface area contributed by atoms with Crippen LogP contribution in [-0.4, -0.2) is 51.3 Å². The van der Waals surface area contributed by atoms with Crippen molar-refractivity contribution in [2.45, 2.75) is 63.5 Å². The number of unbranched alkanes of at least 4 members (excludes halogenated alkanes) is 1. The van der Waals surface area contributed by atoms with Crippen LogP contribution in [0, 0.1) is 5.92 Å². The van der Waals surface area contributed by atoms with Gasteiger partial charge in [0.25, 0.3) is 0 Å². The molecule has 2 saturated heterocycles. The number of alkyl halides is 3. The van der Waals surface area contributed by atoms with E-state index >= 15 is 0 Å². The molecule has 0 bridgehead atoms. The Morgan fingerprint density at radius 3 is 2.29 bits per heavy atom. The lowest BCUT2D eigenvalue weighted by atomic mass is 9.90. The average Bonchev–Trinajstić information content (AvgIpc) is 3.22. The minimum atomic E-state index is -5.08. The van der Waals surface area contributed by atoms with E-state index in [4.69, 9.17) is 9.90 Å². The molecule has 2 aromatic carbocycles. The lowest BCUT2D eigenvalue weighted by molar-refractivity contribution is -0.192. The molecule has 5 rings (SSSR count). The number of halogens is 3. The smallest absolute Gasteiger partial charge is 0.475 e. The molecule has 0 saturated carbocycles. The first-order valence-corrected chi connectivity index (χ1v) is 14.1. The maximum Gasteiger partial charge on any atom is 0.490 e. The standard InChI is InChI=1S/C28H34N4O3.C2HF3O2/c1-31-26-21(6-3-2-5-19-15-17-29-18-16-19)7-4-8-24(26)32(28(31)35)22-11-9-20(10-12-22)23-13-14-25(33)30-27(23)34;3-2(4,5)1(6)7/h4,7-12,19,23,29H,2-3,5-6,13-18H2,1H3,(H,30,33,34);(H,6,7). The number of nitrogens with zero attached hydrogens (tertiary/aromatic N) is 2. The van der Waals surface area contributed by atoms with E-state index in [2.05, 4.69) is 16.7 Å². The van der Waals surface area contributed by atoms with Gasteiger partial charge in [0.2, 0.25) is 11.8 Å². The molecule has 3 heterocycles. The van der Waals surface area contributed by atoms with Gasteiger partial charge in [-0.2, -0.15) is 13.2 Å². The molecule has 1 unspecified atom stereocenters. The van der Waals surface area contributed by atoms with Gasteiger partial charge in [-0.1, -0.05) is 37.1 Å². The Morgan fingerprint density at radius 2 is 1.67 bits per heavy atom. The van der Waals surface area contributed by atoms with Crippen LogP contribution in [-0.2, 0) is 27.9 Å². The number of nitrogens with one attached hydrogen (secondary N) is 2. The van der Waals surface area contributed by atoms with Crippen LogP contribution in [0.2, 0.25) is 0 Å². The molecule has 1 aromatic heterocycles. The number of carbonyl (C=O) groups is 3. The molecule has 12 heteroatoms. The van der Waals surface area contributed by atoms with E-state index in [-0.39, 0.29) is 23.4 Å². The topological polar surface area (TPSA) is 122 Å². The number of piperidine rings is 2. The molecule has 1 atom stereocenters. The summed E-state index contributed by atoms with van der Waals surface area (Å²) in [6.45, 7) is 2.29. The maximum atomic E-state index is 13.3. The van der Waals surface area contributed by atoms with Gasteiger partial charge in [-0.3, -0.25) is 24.0 Å². The third kappa shape index (κ3) is 7.28. The van der Waals surface area contributed by atoms with E-state index in [0.717, 1.165) is 54.1 Å². The van der Waals surface area contributed by atoms with Gasteiger partial charge in [-0.15, -0.1) is 0 Å². The Hall–Kier alpha value is -3.93. The number of carbonyl (C=O) groups excluding carboxylic acids is 2. The van der Waals surface area contributed by atoms with Crippen LogP contribution in [0.25, 0.3) is 16.7 Å². The minimum Gasteiger partial charge on any atom is -0.475 e. The highest BCUT2D eigenvalue weighted by Crippen LogP contribution is 2.28. The zero-order valence-electron chi connectivity index (χ0n) is 23.4. The number of para-hydroxylation sites is 1. The average molecular weight is 589 g/mol. The first-order chi connectivity index (χ1) is 20.0. The summed E-state index contributed by atoms with van der Waals surface area (Å²) >= 11 is 0. The Balaban J connectivity index is 0.000000517. The molecule has 2 aliphatic rings. The molecule has 0 aliphatic carbocycles. The van der Waals surface area contributed by atoms with Crippen molar-refractivity contribution in [3.63, 3.8) is 0 Å². The van der Waals surface area contributed by atoms with Crippen molar-refractivity contribution in [3.8, 4) is 5.69 Å². The second-order valence-corrected chi connectivity index (χ2v) is 10.8. The molecular formula is C30H35F3N4O5. The van der Waals surface area contributed by atoms with Crippen molar-refractivity contribution >= 4 is 28.8 Å². The molecule has 42 heavy (non-hydrogen) atoms. The summed E-state index contributed by atoms with van der Waals surface area (Å²) < 4.78 is 35.2. The number of carboxylic acid groups (broad SMARTS) is 1. The fraction of sp³-hybridized carbons (Fsp3) is 0.467. The van der Waals surface area contributed by atoms with E-state index in [0.29, 0.717) is 12.8 Å². The molecule has 226 valence electrons. The first-order valence-electron chi connectivity index (χ1n) is 14.1. The number of aryl methyl sites for hydroxylation is 2. The lowest BCUT2D eigenvalue weighted by Gasteiger charge is -2.22. The fourth-order valence-electron chi connectivity index (χ4n) is 5.73. The number of imidazole rings is 1. The van der Waals surface area contributed by atoms with Crippen LogP contribution in [0.15, 0.2) is 47.3 Å². The Labute approximate surface area is 240 Å². The SMILES string of the molecule is Cn1c(=O)n(-c2ccc(C3CCC(=O)NC3=O)cc2)c2cccc(CCCCC3CCNCC3)c21.O=C(O)C(F)(F)F. The molecule has 2 amide bonds. The number of fused-ring (bicyclic) bond motifs is 1. The molecule has 0 radical (unpaired) electrons. The predicted octanol–water partition coefficient (Wildman–Crippen LogP) is 4.20. The van der Waals surface area contributed by atoms with Crippen molar-refractivity contribution < 1.29 is 32.7 Å². The van der Waals surface area contributed by atoms with Crippen LogP contribution in [0.5, 0.6) is 0 Å². The number of aromatic nitrogens is 2. The van der Waals surface area contributed by atoms with Crippen molar-refractivity contribution in [3.05, 3.63) is 64.1 Å². The Bertz CT molecular complexity index is 1490. The minimum absolute atomic E-state index is 0.0732. The van der Waals surface area contributed by atoms with Crippen LogP contribution >= 0.6 is 0 Å². The molecule has 2 fully saturated rings. The summed E-state index contributed by atoms with van der Waals surface area (Å²) in [5.41, 5.74) is 4.68. The molecule has 2 aliphatic heterocycles. The fourth-order valence-corrected chi connectivity index (χ4v) is 5.73. The number of imide groups is 1. The third-order valence-corrected chi connectivity index (χ3v) is 7.96. The Kier molecular flexibility index (Phi) is 9.87. The van der Waals surface area contributed by atoms with Crippen LogP contribution in [0.1, 0.15) is 62.0 Å². The zero-order valence-corrected chi connectivity index (χ0v) is 23.4. The number of hydrogen-bond donors (Lipinski definition) is 3. The van der Waals surface area contributed by atoms with Crippen molar-refractivity contribution in [2.75, 3.05) is 13.1 Å². The first kappa shape index (κ1) is 31.0. The van der Waals surface area contributed by atoms with E-state index < -0.39 is 12.1 Å². The number of rotatable bonds is 7. The number of benzene rings is 2. The molecule has 3 aromatic rings. The highest BCUT2D eigenvalue weighted by Gasteiger charge is 2.38. The molecule has 0 spiro atoms. The molecule has 9 nitrogen and oxygen atoms in total. The summed E-state index contributed by atoms with van der Waals surface area (Å²) in [6, 6.07) is 13.8. The quantitative estimate of drug-likeness (QED) is 0.281. The largest absolute Gasteiger partial charge is 0.490 e. The van der Waals surface area contributed by atoms with Gasteiger partial charge in [0.05, 0.1) is 22.6 Å². The van der Waals surface area contributed by atoms with Crippen molar-refractivity contribution in [1.29, 1.82) is 0 Å². The third-order valence-electron chi connectivity index (χ3n) is 7.96. The van der Waals surface area contributed by atoms with E-state index in [1.54, 1.807) is 9.13 Å². The van der Waals surface area contributed by atoms with Gasteiger partial charge in [0, 0.05) is 13.5 Å². The number of aliphatic carboxylic acids is 1. The van der Waals surface area contributed by atoms with E-state index in [9.17, 15) is 27.6 Å². The molecule has 3 N–H and O–H groups in total. The number of carboxylic acids is 1. The van der Waals surface area contributed by atoms with E-state index in [1.165, 1.54) is 31.2 Å². The van der Waals surface area contributed by atoms with Crippen molar-refractivity contribution in [1.82, 2.24) is 19.8 Å². The highest BCUT2D eigenvalue weighted by molar-refractivity contribution is 6.00. The number of hydrogen-bond acceptors (Lipinski definition) is 5. The van der Waals surface area contributed by atoms with Gasteiger partial charge in [-0.05, 0) is 80.4 Å². The maximum absolute atomic E-state index is 13.3. The van der Waals surface area contributed by atoms with Gasteiger partial charge in [0.15, 0.2) is 0 Å². The predicted molar refractivity (Wildman–Crippen MR) is 150 cm³/mol. The zero-order chi connectivity index (χ0) is 30.4. The highest BCUT2D eigenvalue weighted by atomic mass is 19.4. The molecular weight excluding hydrogens is 553 g/mol. The van der Waals surface area contributed by atoms with Crippen molar-refractivity contribution in [2.24, 2.45) is 13.0 Å². The summed E-state index contributed by atoms with van der Waals surface area (Å²) in [5, 5.41) is 13.0.